The smallest absolute Gasteiger partial charge is 0.352 e. The van der Waals surface area contributed by atoms with Crippen LogP contribution >= 0.6 is 11.8 Å². The van der Waals surface area contributed by atoms with Gasteiger partial charge in [-0.25, -0.2) is 0 Å². The highest BCUT2D eigenvalue weighted by Gasteiger charge is 2.32. The van der Waals surface area contributed by atoms with E-state index in [-0.39, 0.29) is 24.4 Å². The van der Waals surface area contributed by atoms with Gasteiger partial charge < -0.3 is 5.32 Å². The Morgan fingerprint density at radius 3 is 2.36 bits per heavy atom. The molecule has 0 fully saturated rings. The summed E-state index contributed by atoms with van der Waals surface area (Å²) in [6.07, 6.45) is -1.29. The minimum Gasteiger partial charge on any atom is -0.352 e. The zero-order chi connectivity index (χ0) is 25.7. The molecular formula is C28H25F3N2O2S. The molecule has 1 atom stereocenters. The number of hydrogen-bond acceptors (Lipinski definition) is 3. The predicted molar refractivity (Wildman–Crippen MR) is 136 cm³/mol. The summed E-state index contributed by atoms with van der Waals surface area (Å²) >= 11 is 1.24. The van der Waals surface area contributed by atoms with Crippen LogP contribution in [0.3, 0.4) is 0 Å². The fraction of sp³-hybridized carbons (Fsp3) is 0.214. The maximum absolute atomic E-state index is 13.3. The number of para-hydroxylation sites is 1. The lowest BCUT2D eigenvalue weighted by Crippen LogP contribution is -2.45. The number of thioether (sulfide) groups is 1. The van der Waals surface area contributed by atoms with Gasteiger partial charge in [0.25, 0.3) is 5.91 Å². The largest absolute Gasteiger partial charge is 0.416 e. The maximum Gasteiger partial charge on any atom is 0.416 e. The lowest BCUT2D eigenvalue weighted by Gasteiger charge is -2.30. The number of amides is 2. The summed E-state index contributed by atoms with van der Waals surface area (Å²) in [5, 5.41) is 2.97. The van der Waals surface area contributed by atoms with Gasteiger partial charge in [0.2, 0.25) is 5.91 Å². The molecule has 0 aliphatic carbocycles. The number of nitrogens with zero attached hydrogens (tertiary/aromatic N) is 1. The number of anilines is 1. The molecule has 1 heterocycles. The van der Waals surface area contributed by atoms with Crippen molar-refractivity contribution in [2.75, 3.05) is 11.4 Å². The molecule has 0 saturated heterocycles. The molecule has 8 heteroatoms. The Morgan fingerprint density at radius 1 is 1.00 bits per heavy atom. The van der Waals surface area contributed by atoms with Crippen LogP contribution < -0.4 is 10.2 Å². The van der Waals surface area contributed by atoms with E-state index in [2.05, 4.69) is 5.32 Å². The molecule has 0 radical (unpaired) electrons. The number of fused-ring (bicyclic) bond motifs is 1. The summed E-state index contributed by atoms with van der Waals surface area (Å²) < 4.78 is 38.7. The van der Waals surface area contributed by atoms with Gasteiger partial charge in [-0.3, -0.25) is 14.5 Å². The number of benzene rings is 3. The van der Waals surface area contributed by atoms with Gasteiger partial charge in [-0.05, 0) is 61.2 Å². The second-order valence-corrected chi connectivity index (χ2v) is 9.67. The second-order valence-electron chi connectivity index (χ2n) is 8.58. The van der Waals surface area contributed by atoms with E-state index in [0.717, 1.165) is 29.9 Å². The first-order valence-electron chi connectivity index (χ1n) is 11.5. The normalized spacial score (nSPS) is 15.5. The van der Waals surface area contributed by atoms with E-state index in [1.807, 2.05) is 49.4 Å². The fourth-order valence-corrected chi connectivity index (χ4v) is 4.96. The Balaban J connectivity index is 1.47. The standard InChI is InChI=1S/C28H25F3N2O2S/c1-19(11-12-20-7-3-2-4-8-20)32-26(34)18-33-23-9-5-6-10-24(23)36-25(27(33)35)17-21-13-15-22(16-14-21)28(29,30)31/h2-10,13-17,19H,11-12,18H2,1H3,(H,32,34)/b25-17-/t19-/m0/s1. The number of alkyl halides is 3. The molecular weight excluding hydrogens is 485 g/mol. The van der Waals surface area contributed by atoms with Crippen LogP contribution in [-0.2, 0) is 22.2 Å². The predicted octanol–water partition coefficient (Wildman–Crippen LogP) is 6.32. The Kier molecular flexibility index (Phi) is 7.84. The van der Waals surface area contributed by atoms with Crippen molar-refractivity contribution in [3.05, 3.63) is 100 Å². The van der Waals surface area contributed by atoms with Crippen molar-refractivity contribution in [3.63, 3.8) is 0 Å². The van der Waals surface area contributed by atoms with Gasteiger partial charge in [-0.2, -0.15) is 13.2 Å². The van der Waals surface area contributed by atoms with Gasteiger partial charge in [0.05, 0.1) is 16.2 Å². The van der Waals surface area contributed by atoms with Gasteiger partial charge in [0, 0.05) is 10.9 Å². The summed E-state index contributed by atoms with van der Waals surface area (Å²) in [5.41, 5.74) is 1.53. The van der Waals surface area contributed by atoms with Crippen molar-refractivity contribution >= 4 is 35.3 Å². The zero-order valence-corrected chi connectivity index (χ0v) is 20.4. The first-order valence-corrected chi connectivity index (χ1v) is 12.3. The third-order valence-corrected chi connectivity index (χ3v) is 6.86. The average molecular weight is 511 g/mol. The average Bonchev–Trinajstić information content (AvgIpc) is 2.85. The van der Waals surface area contributed by atoms with Crippen molar-refractivity contribution in [1.29, 1.82) is 0 Å². The van der Waals surface area contributed by atoms with Gasteiger partial charge in [0.1, 0.15) is 6.54 Å². The lowest BCUT2D eigenvalue weighted by atomic mass is 10.1. The molecule has 2 amide bonds. The number of carbonyl (C=O) groups excluding carboxylic acids is 2. The van der Waals surface area contributed by atoms with E-state index >= 15 is 0 Å². The summed E-state index contributed by atoms with van der Waals surface area (Å²) in [4.78, 5) is 28.7. The summed E-state index contributed by atoms with van der Waals surface area (Å²) in [6.45, 7) is 1.77. The van der Waals surface area contributed by atoms with Crippen molar-refractivity contribution < 1.29 is 22.8 Å². The molecule has 0 aromatic heterocycles. The first kappa shape index (κ1) is 25.6. The highest BCUT2D eigenvalue weighted by molar-refractivity contribution is 8.04. The van der Waals surface area contributed by atoms with Gasteiger partial charge in [-0.1, -0.05) is 66.4 Å². The summed E-state index contributed by atoms with van der Waals surface area (Å²) in [6, 6.07) is 21.8. The van der Waals surface area contributed by atoms with Crippen LogP contribution in [0.4, 0.5) is 18.9 Å². The minimum atomic E-state index is -4.43. The van der Waals surface area contributed by atoms with Crippen LogP contribution in [0.5, 0.6) is 0 Å². The third-order valence-electron chi connectivity index (χ3n) is 5.79. The van der Waals surface area contributed by atoms with E-state index in [1.165, 1.54) is 34.4 Å². The number of aryl methyl sites for hydroxylation is 1. The number of nitrogens with one attached hydrogen (secondary N) is 1. The molecule has 4 rings (SSSR count). The molecule has 0 spiro atoms. The van der Waals surface area contributed by atoms with Gasteiger partial charge in [-0.15, -0.1) is 0 Å². The Labute approximate surface area is 212 Å². The van der Waals surface area contributed by atoms with Crippen LogP contribution in [0, 0.1) is 0 Å². The van der Waals surface area contributed by atoms with E-state index < -0.39 is 11.7 Å². The molecule has 3 aromatic rings. The molecule has 1 aliphatic rings. The van der Waals surface area contributed by atoms with E-state index in [4.69, 9.17) is 0 Å². The van der Waals surface area contributed by atoms with E-state index in [0.29, 0.717) is 16.2 Å². The molecule has 4 nitrogen and oxygen atoms in total. The topological polar surface area (TPSA) is 49.4 Å². The highest BCUT2D eigenvalue weighted by atomic mass is 32.2. The molecule has 1 N–H and O–H groups in total. The third kappa shape index (κ3) is 6.37. The Bertz CT molecular complexity index is 1260. The number of carbonyl (C=O) groups is 2. The first-order chi connectivity index (χ1) is 17.2. The second kappa shape index (κ2) is 11.0. The molecule has 36 heavy (non-hydrogen) atoms. The van der Waals surface area contributed by atoms with Crippen LogP contribution in [-0.4, -0.2) is 24.4 Å². The van der Waals surface area contributed by atoms with Crippen molar-refractivity contribution in [2.45, 2.75) is 36.9 Å². The fourth-order valence-electron chi connectivity index (χ4n) is 3.90. The number of halogens is 3. The highest BCUT2D eigenvalue weighted by Crippen LogP contribution is 2.42. The summed E-state index contributed by atoms with van der Waals surface area (Å²) in [5.74, 6) is -0.648. The molecule has 186 valence electrons. The van der Waals surface area contributed by atoms with E-state index in [9.17, 15) is 22.8 Å². The van der Waals surface area contributed by atoms with Crippen LogP contribution in [0.15, 0.2) is 88.7 Å². The van der Waals surface area contributed by atoms with Gasteiger partial charge >= 0.3 is 6.18 Å². The van der Waals surface area contributed by atoms with Crippen molar-refractivity contribution in [2.24, 2.45) is 0 Å². The SMILES string of the molecule is C[C@@H](CCc1ccccc1)NC(=O)CN1C(=O)/C(=C/c2ccc(C(F)(F)F)cc2)Sc2ccccc21. The van der Waals surface area contributed by atoms with Crippen molar-refractivity contribution in [3.8, 4) is 0 Å². The van der Waals surface area contributed by atoms with Crippen LogP contribution in [0.2, 0.25) is 0 Å². The minimum absolute atomic E-state index is 0.0793. The molecule has 3 aromatic carbocycles. The lowest BCUT2D eigenvalue weighted by molar-refractivity contribution is -0.137. The zero-order valence-electron chi connectivity index (χ0n) is 19.6. The molecule has 0 bridgehead atoms. The number of rotatable bonds is 7. The quantitative estimate of drug-likeness (QED) is 0.378. The Morgan fingerprint density at radius 2 is 1.67 bits per heavy atom. The molecule has 1 aliphatic heterocycles. The van der Waals surface area contributed by atoms with E-state index in [1.54, 1.807) is 18.2 Å². The van der Waals surface area contributed by atoms with Crippen molar-refractivity contribution in [1.82, 2.24) is 5.32 Å². The number of hydrogen-bond donors (Lipinski definition) is 1. The maximum atomic E-state index is 13.3. The monoisotopic (exact) mass is 510 g/mol. The van der Waals surface area contributed by atoms with Crippen LogP contribution in [0.25, 0.3) is 6.08 Å². The Hall–Kier alpha value is -3.52. The summed E-state index contributed by atoms with van der Waals surface area (Å²) in [7, 11) is 0. The molecule has 0 unspecified atom stereocenters. The van der Waals surface area contributed by atoms with Crippen LogP contribution in [0.1, 0.15) is 30.0 Å². The molecule has 0 saturated carbocycles. The van der Waals surface area contributed by atoms with Gasteiger partial charge in [0.15, 0.2) is 0 Å².